The molecule has 0 saturated heterocycles. The molecule has 3 atom stereocenters. The maximum Gasteiger partial charge on any atom is 0.472 e. The monoisotopic (exact) mass is 990 g/mol. The van der Waals surface area contributed by atoms with Crippen molar-refractivity contribution in [2.45, 2.75) is 276 Å². The molecule has 0 spiro atoms. The van der Waals surface area contributed by atoms with Crippen LogP contribution in [0.1, 0.15) is 264 Å². The summed E-state index contributed by atoms with van der Waals surface area (Å²) in [4.78, 5) is 23.1. The summed E-state index contributed by atoms with van der Waals surface area (Å²) in [5, 5.41) is 13.8. The quantitative estimate of drug-likeness (QED) is 0.0243. The first-order chi connectivity index (χ1) is 33.5. The molecule has 0 aliphatic rings. The molecule has 0 aliphatic heterocycles. The van der Waals surface area contributed by atoms with Crippen LogP contribution in [0.25, 0.3) is 0 Å². The van der Waals surface area contributed by atoms with E-state index in [9.17, 15) is 19.4 Å². The Kier molecular flexibility index (Phi) is 49.8. The third-order valence-electron chi connectivity index (χ3n) is 13.0. The van der Waals surface area contributed by atoms with Crippen LogP contribution >= 0.6 is 7.82 Å². The highest BCUT2D eigenvalue weighted by Gasteiger charge is 2.28. The predicted molar refractivity (Wildman–Crippen MR) is 300 cm³/mol. The zero-order chi connectivity index (χ0) is 50.6. The number of carbonyl (C=O) groups excluding carboxylic acids is 1. The van der Waals surface area contributed by atoms with Gasteiger partial charge in [-0.05, 0) is 57.8 Å². The number of quaternary nitrogens is 1. The highest BCUT2D eigenvalue weighted by molar-refractivity contribution is 7.47. The molecule has 0 heterocycles. The van der Waals surface area contributed by atoms with Gasteiger partial charge in [-0.15, -0.1) is 0 Å². The summed E-state index contributed by atoms with van der Waals surface area (Å²) < 4.78 is 23.5. The molecule has 0 aromatic heterocycles. The SMILES string of the molecule is CC/C=C\C/C=C\C/C=C\C/C=C\C/C=C\CCCCCCCCCCCCCCCCCCCCCCCCCCCC(=O)NC(COP(=O)(O)OCC[N+](C)(C)C)C(O)CCCCCCCC. The molecule has 0 saturated carbocycles. The van der Waals surface area contributed by atoms with E-state index < -0.39 is 20.0 Å². The normalized spacial score (nSPS) is 14.4. The number of hydrogen-bond donors (Lipinski definition) is 3. The smallest absolute Gasteiger partial charge is 0.391 e. The Morgan fingerprint density at radius 3 is 1.28 bits per heavy atom. The topological polar surface area (TPSA) is 105 Å². The van der Waals surface area contributed by atoms with Gasteiger partial charge in [0.25, 0.3) is 0 Å². The Balaban J connectivity index is 3.69. The van der Waals surface area contributed by atoms with Crippen LogP contribution in [0.3, 0.4) is 0 Å². The Morgan fingerprint density at radius 2 is 0.870 bits per heavy atom. The van der Waals surface area contributed by atoms with E-state index >= 15 is 0 Å². The summed E-state index contributed by atoms with van der Waals surface area (Å²) in [6, 6.07) is -0.755. The molecule has 0 fully saturated rings. The maximum atomic E-state index is 12.9. The minimum atomic E-state index is -4.30. The number of nitrogens with zero attached hydrogens (tertiary/aromatic N) is 1. The van der Waals surface area contributed by atoms with Gasteiger partial charge in [-0.3, -0.25) is 13.8 Å². The van der Waals surface area contributed by atoms with Crippen LogP contribution in [0.2, 0.25) is 0 Å². The molecule has 0 bridgehead atoms. The first kappa shape index (κ1) is 67.2. The lowest BCUT2D eigenvalue weighted by Crippen LogP contribution is -2.46. The average molecular weight is 991 g/mol. The number of phosphoric acid groups is 1. The number of hydrogen-bond acceptors (Lipinski definition) is 5. The number of unbranched alkanes of at least 4 members (excludes halogenated alkanes) is 30. The zero-order valence-electron chi connectivity index (χ0n) is 46.0. The van der Waals surface area contributed by atoms with Gasteiger partial charge in [0.15, 0.2) is 0 Å². The Bertz CT molecular complexity index is 1310. The summed E-state index contributed by atoms with van der Waals surface area (Å²) in [5.41, 5.74) is 0. The molecule has 69 heavy (non-hydrogen) atoms. The van der Waals surface area contributed by atoms with Crippen molar-refractivity contribution in [3.63, 3.8) is 0 Å². The van der Waals surface area contributed by atoms with E-state index in [-0.39, 0.29) is 19.1 Å². The summed E-state index contributed by atoms with van der Waals surface area (Å²) in [7, 11) is 1.62. The van der Waals surface area contributed by atoms with Crippen molar-refractivity contribution in [3.05, 3.63) is 60.8 Å². The van der Waals surface area contributed by atoms with Crippen LogP contribution in [0.15, 0.2) is 60.8 Å². The average Bonchev–Trinajstić information content (AvgIpc) is 3.31. The molecule has 0 aliphatic carbocycles. The maximum absolute atomic E-state index is 12.9. The van der Waals surface area contributed by atoms with Gasteiger partial charge in [-0.2, -0.15) is 0 Å². The zero-order valence-corrected chi connectivity index (χ0v) is 46.9. The van der Waals surface area contributed by atoms with E-state index in [4.69, 9.17) is 9.05 Å². The lowest BCUT2D eigenvalue weighted by molar-refractivity contribution is -0.870. The van der Waals surface area contributed by atoms with E-state index in [1.165, 1.54) is 167 Å². The van der Waals surface area contributed by atoms with Crippen LogP contribution in [-0.4, -0.2) is 73.4 Å². The van der Waals surface area contributed by atoms with Crippen molar-refractivity contribution in [1.29, 1.82) is 0 Å². The first-order valence-corrected chi connectivity index (χ1v) is 30.6. The number of likely N-dealkylation sites (N-methyl/N-ethyl adjacent to an activating group) is 1. The van der Waals surface area contributed by atoms with Gasteiger partial charge in [0.1, 0.15) is 13.2 Å². The summed E-state index contributed by atoms with van der Waals surface area (Å²) >= 11 is 0. The minimum absolute atomic E-state index is 0.0749. The molecule has 0 radical (unpaired) electrons. The van der Waals surface area contributed by atoms with Gasteiger partial charge in [-0.1, -0.05) is 261 Å². The van der Waals surface area contributed by atoms with Gasteiger partial charge in [0.05, 0.1) is 39.9 Å². The van der Waals surface area contributed by atoms with Gasteiger partial charge >= 0.3 is 7.82 Å². The minimum Gasteiger partial charge on any atom is -0.391 e. The molecule has 3 N–H and O–H groups in total. The summed E-state index contributed by atoms with van der Waals surface area (Å²) in [5.74, 6) is -0.147. The fraction of sp³-hybridized carbons (Fsp3) is 0.817. The molecular weight excluding hydrogens is 876 g/mol. The number of amides is 1. The number of aliphatic hydroxyl groups is 1. The van der Waals surface area contributed by atoms with Crippen LogP contribution < -0.4 is 5.32 Å². The number of allylic oxidation sites excluding steroid dienone is 10. The molecule has 0 aromatic carbocycles. The van der Waals surface area contributed by atoms with Gasteiger partial charge in [0.2, 0.25) is 5.91 Å². The third-order valence-corrected chi connectivity index (χ3v) is 14.0. The lowest BCUT2D eigenvalue weighted by atomic mass is 10.0. The van der Waals surface area contributed by atoms with Crippen molar-refractivity contribution in [1.82, 2.24) is 5.32 Å². The second kappa shape index (κ2) is 51.1. The first-order valence-electron chi connectivity index (χ1n) is 29.2. The summed E-state index contributed by atoms with van der Waals surface area (Å²) in [6.45, 7) is 4.72. The number of carbonyl (C=O) groups is 1. The predicted octanol–water partition coefficient (Wildman–Crippen LogP) is 17.7. The van der Waals surface area contributed by atoms with Crippen LogP contribution in [0.5, 0.6) is 0 Å². The van der Waals surface area contributed by atoms with Gasteiger partial charge < -0.3 is 19.8 Å². The molecule has 0 rings (SSSR count). The van der Waals surface area contributed by atoms with Crippen LogP contribution in [0.4, 0.5) is 0 Å². The second-order valence-electron chi connectivity index (χ2n) is 21.0. The lowest BCUT2D eigenvalue weighted by Gasteiger charge is -2.26. The molecular formula is C60H114N2O6P+. The fourth-order valence-corrected chi connectivity index (χ4v) is 9.22. The summed E-state index contributed by atoms with van der Waals surface area (Å²) in [6.07, 6.45) is 69.2. The molecule has 0 aromatic rings. The van der Waals surface area contributed by atoms with Crippen molar-refractivity contribution in [3.8, 4) is 0 Å². The Hall–Kier alpha value is -1.80. The molecule has 9 heteroatoms. The van der Waals surface area contributed by atoms with E-state index in [0.29, 0.717) is 23.9 Å². The third kappa shape index (κ3) is 53.8. The molecule has 404 valence electrons. The van der Waals surface area contributed by atoms with Crippen molar-refractivity contribution in [2.24, 2.45) is 0 Å². The van der Waals surface area contributed by atoms with Crippen molar-refractivity contribution >= 4 is 13.7 Å². The van der Waals surface area contributed by atoms with E-state index in [1.807, 2.05) is 21.1 Å². The van der Waals surface area contributed by atoms with Crippen molar-refractivity contribution in [2.75, 3.05) is 40.9 Å². The van der Waals surface area contributed by atoms with Crippen molar-refractivity contribution < 1.29 is 32.9 Å². The number of rotatable bonds is 53. The van der Waals surface area contributed by atoms with E-state index in [0.717, 1.165) is 70.6 Å². The fourth-order valence-electron chi connectivity index (χ4n) is 8.49. The second-order valence-corrected chi connectivity index (χ2v) is 22.4. The van der Waals surface area contributed by atoms with Gasteiger partial charge in [-0.25, -0.2) is 4.57 Å². The molecule has 1 amide bonds. The largest absolute Gasteiger partial charge is 0.472 e. The van der Waals surface area contributed by atoms with Gasteiger partial charge in [0, 0.05) is 6.42 Å². The number of nitrogens with one attached hydrogen (secondary N) is 1. The van der Waals surface area contributed by atoms with E-state index in [2.05, 4.69) is 79.9 Å². The van der Waals surface area contributed by atoms with E-state index in [1.54, 1.807) is 0 Å². The Morgan fingerprint density at radius 1 is 0.507 bits per heavy atom. The van der Waals surface area contributed by atoms with Crippen LogP contribution in [0, 0.1) is 0 Å². The Labute approximate surface area is 428 Å². The standard InChI is InChI=1S/C60H113N2O6P/c1-6-8-10-12-14-15-16-17-18-19-20-21-22-23-24-25-26-27-28-29-30-31-32-33-34-35-36-37-38-39-40-41-42-43-44-45-46-47-48-50-52-54-60(64)61-58(59(63)53-51-49-13-11-9-7-2)57-68-69(65,66)67-56-55-62(3,4)5/h8,10,14-15,17-18,20-21,23-24,58-59,63H,6-7,9,11-13,16,19,22,25-57H2,1-5H3,(H-,61,64,65,66)/p+1/b10-8-,15-14-,18-17-,21-20-,24-23-. The number of phosphoric ester groups is 1. The highest BCUT2D eigenvalue weighted by Crippen LogP contribution is 2.43. The van der Waals surface area contributed by atoms with Crippen LogP contribution in [-0.2, 0) is 18.4 Å². The number of aliphatic hydroxyl groups excluding tert-OH is 1. The molecule has 3 unspecified atom stereocenters. The molecule has 8 nitrogen and oxygen atoms in total. The highest BCUT2D eigenvalue weighted by atomic mass is 31.2.